The molecule has 0 radical (unpaired) electrons. The summed E-state index contributed by atoms with van der Waals surface area (Å²) in [6, 6.07) is 16.3. The zero-order valence-electron chi connectivity index (χ0n) is 15.1. The number of rotatable bonds is 6. The average molecular weight is 364 g/mol. The van der Waals surface area contributed by atoms with Crippen molar-refractivity contribution in [3.8, 4) is 0 Å². The number of hydrogen-bond donors (Lipinski definition) is 0. The van der Waals surface area contributed by atoms with Crippen LogP contribution >= 0.6 is 0 Å². The van der Waals surface area contributed by atoms with E-state index in [0.717, 1.165) is 18.4 Å². The molecule has 27 heavy (non-hydrogen) atoms. The molecule has 3 aromatic rings. The predicted molar refractivity (Wildman–Crippen MR) is 99.6 cm³/mol. The zero-order valence-corrected chi connectivity index (χ0v) is 15.1. The van der Waals surface area contributed by atoms with Gasteiger partial charge in [-0.3, -0.25) is 4.79 Å². The molecule has 1 saturated carbocycles. The summed E-state index contributed by atoms with van der Waals surface area (Å²) in [4.78, 5) is 14.9. The average Bonchev–Trinajstić information content (AvgIpc) is 3.40. The number of hydrogen-bond acceptors (Lipinski definition) is 3. The van der Waals surface area contributed by atoms with Gasteiger partial charge in [-0.1, -0.05) is 53.7 Å². The largest absolute Gasteiger partial charge is 0.327 e. The van der Waals surface area contributed by atoms with Crippen molar-refractivity contribution in [3.63, 3.8) is 0 Å². The molecule has 1 heterocycles. The fourth-order valence-electron chi connectivity index (χ4n) is 3.35. The summed E-state index contributed by atoms with van der Waals surface area (Å²) in [6.07, 6.45) is 3.53. The van der Waals surface area contributed by atoms with Crippen LogP contribution < -0.4 is 0 Å². The number of carbonyl (C=O) groups is 1. The molecule has 1 unspecified atom stereocenters. The molecule has 138 valence electrons. The topological polar surface area (TPSA) is 51.0 Å². The maximum absolute atomic E-state index is 14.2. The fraction of sp³-hybridized carbons (Fsp3) is 0.286. The highest BCUT2D eigenvalue weighted by molar-refractivity contribution is 5.92. The molecule has 1 aliphatic carbocycles. The Bertz CT molecular complexity index is 936. The molecule has 6 heteroatoms. The quantitative estimate of drug-likeness (QED) is 0.668. The highest BCUT2D eigenvalue weighted by Gasteiger charge is 2.38. The third kappa shape index (κ3) is 3.74. The van der Waals surface area contributed by atoms with Crippen LogP contribution in [0.3, 0.4) is 0 Å². The molecule has 1 aromatic heterocycles. The summed E-state index contributed by atoms with van der Waals surface area (Å²) in [5.41, 5.74) is 1.90. The highest BCUT2D eigenvalue weighted by Crippen LogP contribution is 2.36. The summed E-state index contributed by atoms with van der Waals surface area (Å²) < 4.78 is 15.9. The predicted octanol–water partition coefficient (Wildman–Crippen LogP) is 3.83. The van der Waals surface area contributed by atoms with Crippen molar-refractivity contribution < 1.29 is 9.18 Å². The van der Waals surface area contributed by atoms with Crippen LogP contribution in [0.2, 0.25) is 0 Å². The zero-order chi connectivity index (χ0) is 18.8. The van der Waals surface area contributed by atoms with Gasteiger partial charge in [-0.2, -0.15) is 0 Å². The van der Waals surface area contributed by atoms with E-state index >= 15 is 0 Å². The second kappa shape index (κ2) is 7.31. The Morgan fingerprint density at radius 3 is 2.59 bits per heavy atom. The number of nitrogens with zero attached hydrogens (tertiary/aromatic N) is 4. The SMILES string of the molecule is CC(c1ccccc1F)N(C(=O)c1cn(Cc2ccccc2)nn1)C1CC1. The summed E-state index contributed by atoms with van der Waals surface area (Å²) in [7, 11) is 0. The Hall–Kier alpha value is -3.02. The lowest BCUT2D eigenvalue weighted by molar-refractivity contribution is 0.0665. The van der Waals surface area contributed by atoms with Crippen molar-refractivity contribution in [1.29, 1.82) is 0 Å². The van der Waals surface area contributed by atoms with Gasteiger partial charge in [0.1, 0.15) is 5.82 Å². The Morgan fingerprint density at radius 2 is 1.89 bits per heavy atom. The first-order valence-corrected chi connectivity index (χ1v) is 9.14. The molecule has 5 nitrogen and oxygen atoms in total. The van der Waals surface area contributed by atoms with Gasteiger partial charge in [0.25, 0.3) is 5.91 Å². The Balaban J connectivity index is 1.56. The van der Waals surface area contributed by atoms with E-state index in [-0.39, 0.29) is 23.8 Å². The van der Waals surface area contributed by atoms with Gasteiger partial charge in [-0.15, -0.1) is 5.10 Å². The Labute approximate surface area is 157 Å². The summed E-state index contributed by atoms with van der Waals surface area (Å²) in [5.74, 6) is -0.497. The van der Waals surface area contributed by atoms with E-state index in [9.17, 15) is 9.18 Å². The Kier molecular flexibility index (Phi) is 4.71. The van der Waals surface area contributed by atoms with E-state index in [1.165, 1.54) is 6.07 Å². The molecular weight excluding hydrogens is 343 g/mol. The molecule has 2 aromatic carbocycles. The standard InChI is InChI=1S/C21H21FN4O/c1-15(18-9-5-6-10-19(18)22)26(17-11-12-17)21(27)20-14-25(24-23-20)13-16-7-3-2-4-8-16/h2-10,14-15,17H,11-13H2,1H3. The lowest BCUT2D eigenvalue weighted by atomic mass is 10.1. The van der Waals surface area contributed by atoms with E-state index in [4.69, 9.17) is 0 Å². The minimum Gasteiger partial charge on any atom is -0.327 e. The van der Waals surface area contributed by atoms with Gasteiger partial charge in [0.15, 0.2) is 5.69 Å². The smallest absolute Gasteiger partial charge is 0.276 e. The minimum absolute atomic E-state index is 0.131. The second-order valence-electron chi connectivity index (χ2n) is 6.93. The van der Waals surface area contributed by atoms with Crippen LogP contribution in [0.15, 0.2) is 60.8 Å². The summed E-state index contributed by atoms with van der Waals surface area (Å²) >= 11 is 0. The third-order valence-corrected chi connectivity index (χ3v) is 4.89. The molecular formula is C21H21FN4O. The van der Waals surface area contributed by atoms with E-state index in [1.807, 2.05) is 37.3 Å². The van der Waals surface area contributed by atoms with Gasteiger partial charge >= 0.3 is 0 Å². The molecule has 0 N–H and O–H groups in total. The fourth-order valence-corrected chi connectivity index (χ4v) is 3.35. The van der Waals surface area contributed by atoms with Crippen molar-refractivity contribution in [2.24, 2.45) is 0 Å². The molecule has 1 aliphatic rings. The van der Waals surface area contributed by atoms with Crippen molar-refractivity contribution in [2.75, 3.05) is 0 Å². The molecule has 0 aliphatic heterocycles. The van der Waals surface area contributed by atoms with Gasteiger partial charge in [0.2, 0.25) is 0 Å². The summed E-state index contributed by atoms with van der Waals surface area (Å²) in [5, 5.41) is 8.16. The summed E-state index contributed by atoms with van der Waals surface area (Å²) in [6.45, 7) is 2.41. The normalized spacial score (nSPS) is 14.7. The van der Waals surface area contributed by atoms with E-state index in [1.54, 1.807) is 34.0 Å². The minimum atomic E-state index is -0.356. The molecule has 4 rings (SSSR count). The first-order valence-electron chi connectivity index (χ1n) is 9.14. The molecule has 0 saturated heterocycles. The lowest BCUT2D eigenvalue weighted by Gasteiger charge is -2.29. The maximum Gasteiger partial charge on any atom is 0.276 e. The van der Waals surface area contributed by atoms with Crippen LogP contribution in [-0.4, -0.2) is 31.8 Å². The van der Waals surface area contributed by atoms with Crippen LogP contribution in [0.4, 0.5) is 4.39 Å². The number of halogens is 1. The van der Waals surface area contributed by atoms with Gasteiger partial charge in [0, 0.05) is 11.6 Å². The molecule has 1 atom stereocenters. The van der Waals surface area contributed by atoms with Crippen molar-refractivity contribution in [2.45, 2.75) is 38.4 Å². The van der Waals surface area contributed by atoms with Gasteiger partial charge in [-0.05, 0) is 31.4 Å². The molecule has 0 bridgehead atoms. The van der Waals surface area contributed by atoms with Gasteiger partial charge in [0.05, 0.1) is 18.8 Å². The maximum atomic E-state index is 14.2. The molecule has 0 spiro atoms. The van der Waals surface area contributed by atoms with Crippen LogP contribution in [-0.2, 0) is 6.54 Å². The van der Waals surface area contributed by atoms with Crippen LogP contribution in [0.5, 0.6) is 0 Å². The van der Waals surface area contributed by atoms with E-state index in [2.05, 4.69) is 10.3 Å². The van der Waals surface area contributed by atoms with Crippen LogP contribution in [0, 0.1) is 5.82 Å². The third-order valence-electron chi connectivity index (χ3n) is 4.89. The van der Waals surface area contributed by atoms with Crippen LogP contribution in [0.25, 0.3) is 0 Å². The monoisotopic (exact) mass is 364 g/mol. The highest BCUT2D eigenvalue weighted by atomic mass is 19.1. The number of amides is 1. The van der Waals surface area contributed by atoms with E-state index < -0.39 is 0 Å². The van der Waals surface area contributed by atoms with Crippen LogP contribution in [0.1, 0.15) is 47.4 Å². The van der Waals surface area contributed by atoms with Gasteiger partial charge in [-0.25, -0.2) is 9.07 Å². The Morgan fingerprint density at radius 1 is 1.19 bits per heavy atom. The van der Waals surface area contributed by atoms with E-state index in [0.29, 0.717) is 17.8 Å². The van der Waals surface area contributed by atoms with Crippen molar-refractivity contribution in [1.82, 2.24) is 19.9 Å². The second-order valence-corrected chi connectivity index (χ2v) is 6.93. The first kappa shape index (κ1) is 17.4. The number of carbonyl (C=O) groups excluding carboxylic acids is 1. The first-order chi connectivity index (χ1) is 13.1. The number of aromatic nitrogens is 3. The van der Waals surface area contributed by atoms with Crippen molar-refractivity contribution in [3.05, 3.63) is 83.4 Å². The lowest BCUT2D eigenvalue weighted by Crippen LogP contribution is -2.36. The molecule has 1 fully saturated rings. The molecule has 1 amide bonds. The number of benzene rings is 2. The van der Waals surface area contributed by atoms with Crippen molar-refractivity contribution >= 4 is 5.91 Å². The van der Waals surface area contributed by atoms with Gasteiger partial charge < -0.3 is 4.90 Å².